The van der Waals surface area contributed by atoms with Crippen LogP contribution in [0.5, 0.6) is 0 Å². The van der Waals surface area contributed by atoms with Crippen LogP contribution < -0.4 is 5.11 Å². The van der Waals surface area contributed by atoms with Crippen molar-refractivity contribution < 1.29 is 15.0 Å². The number of carboxylic acid groups (broad SMARTS) is 1. The standard InChI is InChI=1S/C8H8O3/c9-7-5-3-1-2-4-6(7)8(10)11/h1-4,9H,5H2,(H,10,11)/p-1. The van der Waals surface area contributed by atoms with E-state index < -0.39 is 5.97 Å². The zero-order valence-electron chi connectivity index (χ0n) is 5.78. The van der Waals surface area contributed by atoms with Gasteiger partial charge in [0.25, 0.3) is 0 Å². The number of carbonyl (C=O) groups is 1. The quantitative estimate of drug-likeness (QED) is 0.582. The topological polar surface area (TPSA) is 60.4 Å². The highest BCUT2D eigenvalue weighted by Crippen LogP contribution is 2.09. The monoisotopic (exact) mass is 151 g/mol. The van der Waals surface area contributed by atoms with E-state index in [1.807, 2.05) is 0 Å². The molecule has 3 nitrogen and oxygen atoms in total. The second-order valence-corrected chi connectivity index (χ2v) is 2.13. The third-order valence-electron chi connectivity index (χ3n) is 1.34. The molecule has 0 saturated carbocycles. The van der Waals surface area contributed by atoms with Gasteiger partial charge >= 0.3 is 5.97 Å². The minimum Gasteiger partial charge on any atom is -0.875 e. The lowest BCUT2D eigenvalue weighted by atomic mass is 10.2. The molecule has 0 spiro atoms. The molecule has 0 heterocycles. The molecule has 0 aromatic carbocycles. The van der Waals surface area contributed by atoms with Crippen LogP contribution in [-0.4, -0.2) is 11.1 Å². The Kier molecular flexibility index (Phi) is 2.11. The van der Waals surface area contributed by atoms with E-state index in [-0.39, 0.29) is 17.8 Å². The van der Waals surface area contributed by atoms with Crippen molar-refractivity contribution in [3.05, 3.63) is 35.6 Å². The molecular weight excluding hydrogens is 144 g/mol. The van der Waals surface area contributed by atoms with E-state index in [0.717, 1.165) is 0 Å². The first-order valence-electron chi connectivity index (χ1n) is 3.18. The molecule has 1 aliphatic carbocycles. The molecule has 0 amide bonds. The molecule has 1 rings (SSSR count). The molecule has 3 heteroatoms. The third-order valence-corrected chi connectivity index (χ3v) is 1.34. The lowest BCUT2D eigenvalue weighted by Crippen LogP contribution is -2.11. The Balaban J connectivity index is 2.98. The van der Waals surface area contributed by atoms with Crippen LogP contribution in [0.25, 0.3) is 0 Å². The lowest BCUT2D eigenvalue weighted by molar-refractivity contribution is -0.306. The second-order valence-electron chi connectivity index (χ2n) is 2.13. The fourth-order valence-electron chi connectivity index (χ4n) is 0.799. The second kappa shape index (κ2) is 3.05. The van der Waals surface area contributed by atoms with Gasteiger partial charge < -0.3 is 10.2 Å². The number of allylic oxidation sites excluding steroid dienone is 3. The predicted molar refractivity (Wildman–Crippen MR) is 37.6 cm³/mol. The van der Waals surface area contributed by atoms with Crippen LogP contribution in [0.3, 0.4) is 0 Å². The molecule has 0 atom stereocenters. The number of rotatable bonds is 1. The van der Waals surface area contributed by atoms with E-state index in [4.69, 9.17) is 5.11 Å². The van der Waals surface area contributed by atoms with Crippen LogP contribution in [0.1, 0.15) is 6.42 Å². The first-order valence-corrected chi connectivity index (χ1v) is 3.18. The van der Waals surface area contributed by atoms with Gasteiger partial charge in [0.1, 0.15) is 0 Å². The minimum atomic E-state index is -1.16. The van der Waals surface area contributed by atoms with Crippen molar-refractivity contribution in [2.75, 3.05) is 0 Å². The fraction of sp³-hybridized carbons (Fsp3) is 0.125. The van der Waals surface area contributed by atoms with Crippen LogP contribution in [0.15, 0.2) is 35.6 Å². The molecule has 0 fully saturated rings. The molecule has 0 aromatic heterocycles. The van der Waals surface area contributed by atoms with Crippen LogP contribution in [0.4, 0.5) is 0 Å². The Morgan fingerprint density at radius 3 is 2.91 bits per heavy atom. The SMILES string of the molecule is O=C(O)C1=C([O-])CC=CC=C1. The van der Waals surface area contributed by atoms with Crippen molar-refractivity contribution in [1.29, 1.82) is 0 Å². The summed E-state index contributed by atoms with van der Waals surface area (Å²) in [6, 6.07) is 0. The summed E-state index contributed by atoms with van der Waals surface area (Å²) in [5.74, 6) is -1.50. The third kappa shape index (κ3) is 1.70. The van der Waals surface area contributed by atoms with Gasteiger partial charge in [-0.05, 0) is 12.5 Å². The van der Waals surface area contributed by atoms with Gasteiger partial charge in [0.15, 0.2) is 0 Å². The Morgan fingerprint density at radius 2 is 2.27 bits per heavy atom. The van der Waals surface area contributed by atoms with E-state index >= 15 is 0 Å². The first-order chi connectivity index (χ1) is 5.22. The number of aliphatic carboxylic acids is 1. The van der Waals surface area contributed by atoms with Gasteiger partial charge in [-0.2, -0.15) is 0 Å². The van der Waals surface area contributed by atoms with Crippen LogP contribution >= 0.6 is 0 Å². The molecule has 1 aliphatic rings. The van der Waals surface area contributed by atoms with E-state index in [1.165, 1.54) is 6.08 Å². The molecule has 0 bridgehead atoms. The van der Waals surface area contributed by atoms with Crippen LogP contribution in [0.2, 0.25) is 0 Å². The van der Waals surface area contributed by atoms with Crippen LogP contribution in [0, 0.1) is 0 Å². The Morgan fingerprint density at radius 1 is 1.55 bits per heavy atom. The highest BCUT2D eigenvalue weighted by molar-refractivity contribution is 5.90. The number of carboxylic acids is 1. The largest absolute Gasteiger partial charge is 0.875 e. The maximum Gasteiger partial charge on any atom is 0.334 e. The van der Waals surface area contributed by atoms with E-state index in [0.29, 0.717) is 0 Å². The van der Waals surface area contributed by atoms with Gasteiger partial charge in [0.05, 0.1) is 0 Å². The number of hydrogen-bond acceptors (Lipinski definition) is 2. The highest BCUT2D eigenvalue weighted by Gasteiger charge is 2.04. The Hall–Kier alpha value is -1.51. The molecule has 11 heavy (non-hydrogen) atoms. The number of hydrogen-bond donors (Lipinski definition) is 1. The van der Waals surface area contributed by atoms with Gasteiger partial charge in [-0.1, -0.05) is 18.2 Å². The van der Waals surface area contributed by atoms with Crippen molar-refractivity contribution >= 4 is 5.97 Å². The van der Waals surface area contributed by atoms with Gasteiger partial charge in [-0.3, -0.25) is 0 Å². The summed E-state index contributed by atoms with van der Waals surface area (Å²) in [7, 11) is 0. The van der Waals surface area contributed by atoms with Crippen molar-refractivity contribution in [1.82, 2.24) is 0 Å². The summed E-state index contributed by atoms with van der Waals surface area (Å²) in [6.45, 7) is 0. The molecule has 0 aliphatic heterocycles. The van der Waals surface area contributed by atoms with E-state index in [1.54, 1.807) is 18.2 Å². The molecular formula is C8H7O3-. The van der Waals surface area contributed by atoms with Crippen molar-refractivity contribution in [2.24, 2.45) is 0 Å². The Labute approximate surface area is 64.0 Å². The van der Waals surface area contributed by atoms with Crippen molar-refractivity contribution in [2.45, 2.75) is 6.42 Å². The maximum atomic E-state index is 10.9. The van der Waals surface area contributed by atoms with Crippen LogP contribution in [-0.2, 0) is 4.79 Å². The summed E-state index contributed by atoms with van der Waals surface area (Å²) in [4.78, 5) is 10.4. The van der Waals surface area contributed by atoms with E-state index in [9.17, 15) is 9.90 Å². The summed E-state index contributed by atoms with van der Waals surface area (Å²) < 4.78 is 0. The lowest BCUT2D eigenvalue weighted by Gasteiger charge is -2.10. The van der Waals surface area contributed by atoms with Gasteiger partial charge in [-0.25, -0.2) is 4.79 Å². The van der Waals surface area contributed by atoms with Crippen molar-refractivity contribution in [3.8, 4) is 0 Å². The first kappa shape index (κ1) is 7.60. The van der Waals surface area contributed by atoms with Crippen molar-refractivity contribution in [3.63, 3.8) is 0 Å². The average Bonchev–Trinajstić information content (AvgIpc) is 2.13. The zero-order chi connectivity index (χ0) is 8.27. The molecule has 0 saturated heterocycles. The predicted octanol–water partition coefficient (Wildman–Crippen LogP) is 0.202. The average molecular weight is 151 g/mol. The Bertz CT molecular complexity index is 259. The molecule has 1 N–H and O–H groups in total. The molecule has 0 unspecified atom stereocenters. The summed E-state index contributed by atoms with van der Waals surface area (Å²) in [5.41, 5.74) is -0.144. The molecule has 0 radical (unpaired) electrons. The summed E-state index contributed by atoms with van der Waals surface area (Å²) >= 11 is 0. The summed E-state index contributed by atoms with van der Waals surface area (Å²) in [5, 5.41) is 19.4. The minimum absolute atomic E-state index is 0.144. The fourth-order valence-corrected chi connectivity index (χ4v) is 0.799. The maximum absolute atomic E-state index is 10.9. The highest BCUT2D eigenvalue weighted by atomic mass is 16.4. The molecule has 58 valence electrons. The van der Waals surface area contributed by atoms with E-state index in [2.05, 4.69) is 0 Å². The van der Waals surface area contributed by atoms with Gasteiger partial charge in [0, 0.05) is 5.57 Å². The van der Waals surface area contributed by atoms with Gasteiger partial charge in [-0.15, -0.1) is 5.76 Å². The zero-order valence-corrected chi connectivity index (χ0v) is 5.78. The molecule has 0 aromatic rings. The normalized spacial score (nSPS) is 16.7. The smallest absolute Gasteiger partial charge is 0.334 e. The van der Waals surface area contributed by atoms with Gasteiger partial charge in [0.2, 0.25) is 0 Å². The summed E-state index contributed by atoms with van der Waals surface area (Å²) in [6.07, 6.45) is 6.33.